The number of halogens is 1. The van der Waals surface area contributed by atoms with Gasteiger partial charge >= 0.3 is 0 Å². The molecule has 1 saturated heterocycles. The highest BCUT2D eigenvalue weighted by molar-refractivity contribution is 7.98. The van der Waals surface area contributed by atoms with E-state index in [1.54, 1.807) is 23.9 Å². The maximum atomic E-state index is 14.2. The van der Waals surface area contributed by atoms with Gasteiger partial charge in [-0.05, 0) is 24.5 Å². The van der Waals surface area contributed by atoms with E-state index in [2.05, 4.69) is 10.6 Å². The van der Waals surface area contributed by atoms with Gasteiger partial charge in [0.1, 0.15) is 11.6 Å². The topological polar surface area (TPSA) is 70.7 Å². The molecule has 0 aromatic heterocycles. The minimum Gasteiger partial charge on any atom is -0.497 e. The van der Waals surface area contributed by atoms with Crippen molar-refractivity contribution in [3.8, 4) is 5.75 Å². The Morgan fingerprint density at radius 1 is 1.50 bits per heavy atom. The molecule has 2 amide bonds. The van der Waals surface area contributed by atoms with E-state index in [-0.39, 0.29) is 30.6 Å². The Balaban J connectivity index is 1.98. The van der Waals surface area contributed by atoms with Crippen molar-refractivity contribution in [3.63, 3.8) is 0 Å². The fourth-order valence-corrected chi connectivity index (χ4v) is 3.30. The van der Waals surface area contributed by atoms with Crippen LogP contribution in [0.15, 0.2) is 18.2 Å². The Morgan fingerprint density at radius 3 is 3.00 bits per heavy atom. The van der Waals surface area contributed by atoms with E-state index in [1.165, 1.54) is 13.2 Å². The molecule has 26 heavy (non-hydrogen) atoms. The summed E-state index contributed by atoms with van der Waals surface area (Å²) in [5, 5.41) is 5.63. The summed E-state index contributed by atoms with van der Waals surface area (Å²) in [5.74, 6) is 0.699. The van der Waals surface area contributed by atoms with Crippen LogP contribution < -0.4 is 15.4 Å². The maximum absolute atomic E-state index is 14.2. The molecule has 1 atom stereocenters. The van der Waals surface area contributed by atoms with Crippen LogP contribution in [0.3, 0.4) is 0 Å². The van der Waals surface area contributed by atoms with E-state index in [4.69, 9.17) is 4.74 Å². The molecular formula is C18H26FN3O3S. The lowest BCUT2D eigenvalue weighted by molar-refractivity contribution is -0.134. The average Bonchev–Trinajstić information content (AvgIpc) is 2.63. The number of carbonyl (C=O) groups is 2. The van der Waals surface area contributed by atoms with Crippen molar-refractivity contribution in [3.05, 3.63) is 29.6 Å². The van der Waals surface area contributed by atoms with Crippen LogP contribution in [0.4, 0.5) is 4.39 Å². The van der Waals surface area contributed by atoms with Crippen LogP contribution >= 0.6 is 11.8 Å². The SMILES string of the molecule is COc1ccc(CN2CCNC(=O)C2CC(=O)NCCCSC)c(F)c1. The second kappa shape index (κ2) is 10.4. The van der Waals surface area contributed by atoms with E-state index in [9.17, 15) is 14.0 Å². The zero-order valence-electron chi connectivity index (χ0n) is 15.2. The highest BCUT2D eigenvalue weighted by Gasteiger charge is 2.31. The molecule has 144 valence electrons. The van der Waals surface area contributed by atoms with Crippen molar-refractivity contribution < 1.29 is 18.7 Å². The van der Waals surface area contributed by atoms with E-state index in [0.29, 0.717) is 30.9 Å². The van der Waals surface area contributed by atoms with Crippen LogP contribution in [0.25, 0.3) is 0 Å². The molecule has 0 saturated carbocycles. The first-order valence-electron chi connectivity index (χ1n) is 8.65. The van der Waals surface area contributed by atoms with Gasteiger partial charge in [-0.1, -0.05) is 6.07 Å². The van der Waals surface area contributed by atoms with Crippen LogP contribution in [0, 0.1) is 5.82 Å². The number of benzene rings is 1. The third-order valence-electron chi connectivity index (χ3n) is 4.30. The fraction of sp³-hybridized carbons (Fsp3) is 0.556. The maximum Gasteiger partial charge on any atom is 0.237 e. The monoisotopic (exact) mass is 383 g/mol. The van der Waals surface area contributed by atoms with E-state index >= 15 is 0 Å². The third-order valence-corrected chi connectivity index (χ3v) is 5.00. The number of hydrogen-bond acceptors (Lipinski definition) is 5. The standard InChI is InChI=1S/C18H26FN3O3S/c1-25-14-5-4-13(15(19)10-14)12-22-8-7-21-18(24)16(22)11-17(23)20-6-3-9-26-2/h4-5,10,16H,3,6-9,11-12H2,1-2H3,(H,20,23)(H,21,24). The van der Waals surface area contributed by atoms with E-state index in [0.717, 1.165) is 12.2 Å². The van der Waals surface area contributed by atoms with Gasteiger partial charge in [-0.25, -0.2) is 4.39 Å². The summed E-state index contributed by atoms with van der Waals surface area (Å²) < 4.78 is 19.2. The quantitative estimate of drug-likeness (QED) is 0.631. The lowest BCUT2D eigenvalue weighted by Gasteiger charge is -2.34. The Bertz CT molecular complexity index is 630. The van der Waals surface area contributed by atoms with Gasteiger partial charge in [-0.2, -0.15) is 11.8 Å². The van der Waals surface area contributed by atoms with Gasteiger partial charge < -0.3 is 15.4 Å². The number of hydrogen-bond donors (Lipinski definition) is 2. The molecule has 1 aliphatic heterocycles. The number of amides is 2. The Kier molecular flexibility index (Phi) is 8.18. The van der Waals surface area contributed by atoms with Crippen LogP contribution in [0.2, 0.25) is 0 Å². The van der Waals surface area contributed by atoms with Gasteiger partial charge in [0.25, 0.3) is 0 Å². The van der Waals surface area contributed by atoms with Gasteiger partial charge in [-0.3, -0.25) is 14.5 Å². The summed E-state index contributed by atoms with van der Waals surface area (Å²) in [6.07, 6.45) is 2.98. The summed E-state index contributed by atoms with van der Waals surface area (Å²) in [6.45, 7) is 1.93. The molecule has 1 fully saturated rings. The molecule has 1 unspecified atom stereocenters. The van der Waals surface area contributed by atoms with Crippen molar-refractivity contribution in [2.75, 3.05) is 38.8 Å². The lowest BCUT2D eigenvalue weighted by Crippen LogP contribution is -2.56. The lowest BCUT2D eigenvalue weighted by atomic mass is 10.1. The largest absolute Gasteiger partial charge is 0.497 e. The number of ether oxygens (including phenoxy) is 1. The highest BCUT2D eigenvalue weighted by Crippen LogP contribution is 2.20. The summed E-state index contributed by atoms with van der Waals surface area (Å²) in [7, 11) is 1.48. The first-order valence-corrected chi connectivity index (χ1v) is 10.0. The third kappa shape index (κ3) is 5.88. The zero-order chi connectivity index (χ0) is 18.9. The van der Waals surface area contributed by atoms with Crippen molar-refractivity contribution in [2.24, 2.45) is 0 Å². The molecule has 0 aliphatic carbocycles. The summed E-state index contributed by atoms with van der Waals surface area (Å²) >= 11 is 1.73. The molecule has 2 N–H and O–H groups in total. The van der Waals surface area contributed by atoms with Gasteiger partial charge in [0, 0.05) is 37.8 Å². The molecule has 6 nitrogen and oxygen atoms in total. The number of piperazine rings is 1. The van der Waals surface area contributed by atoms with Gasteiger partial charge in [0.2, 0.25) is 11.8 Å². The number of methoxy groups -OCH3 is 1. The molecule has 8 heteroatoms. The van der Waals surface area contributed by atoms with Crippen LogP contribution in [-0.2, 0) is 16.1 Å². The number of nitrogens with one attached hydrogen (secondary N) is 2. The molecule has 1 aromatic carbocycles. The van der Waals surface area contributed by atoms with E-state index in [1.807, 2.05) is 11.2 Å². The molecule has 1 aliphatic rings. The first kappa shape index (κ1) is 20.5. The number of rotatable bonds is 9. The predicted octanol–water partition coefficient (Wildman–Crippen LogP) is 1.39. The van der Waals surface area contributed by atoms with Gasteiger partial charge in [-0.15, -0.1) is 0 Å². The Morgan fingerprint density at radius 2 is 2.31 bits per heavy atom. The zero-order valence-corrected chi connectivity index (χ0v) is 16.0. The predicted molar refractivity (Wildman–Crippen MR) is 101 cm³/mol. The molecule has 0 spiro atoms. The fourth-order valence-electron chi connectivity index (χ4n) is 2.87. The number of thioether (sulfide) groups is 1. The number of nitrogens with zero attached hydrogens (tertiary/aromatic N) is 1. The summed E-state index contributed by atoms with van der Waals surface area (Å²) in [5.41, 5.74) is 0.478. The Hall–Kier alpha value is -1.80. The summed E-state index contributed by atoms with van der Waals surface area (Å²) in [6, 6.07) is 4.08. The minimum absolute atomic E-state index is 0.0723. The van der Waals surface area contributed by atoms with Crippen molar-refractivity contribution >= 4 is 23.6 Å². The molecule has 0 radical (unpaired) electrons. The summed E-state index contributed by atoms with van der Waals surface area (Å²) in [4.78, 5) is 26.2. The normalized spacial score (nSPS) is 17.7. The van der Waals surface area contributed by atoms with Crippen molar-refractivity contribution in [2.45, 2.75) is 25.4 Å². The van der Waals surface area contributed by atoms with Crippen molar-refractivity contribution in [1.29, 1.82) is 0 Å². The van der Waals surface area contributed by atoms with Crippen molar-refractivity contribution in [1.82, 2.24) is 15.5 Å². The Labute approximate surface area is 157 Å². The second-order valence-corrected chi connectivity index (χ2v) is 7.12. The average molecular weight is 383 g/mol. The van der Waals surface area contributed by atoms with Gasteiger partial charge in [0.15, 0.2) is 0 Å². The van der Waals surface area contributed by atoms with Crippen LogP contribution in [0.5, 0.6) is 5.75 Å². The first-order chi connectivity index (χ1) is 12.5. The molecule has 2 rings (SSSR count). The van der Waals surface area contributed by atoms with Gasteiger partial charge in [0.05, 0.1) is 19.6 Å². The number of carbonyl (C=O) groups excluding carboxylic acids is 2. The molecular weight excluding hydrogens is 357 g/mol. The molecule has 1 aromatic rings. The molecule has 0 bridgehead atoms. The van der Waals surface area contributed by atoms with Crippen LogP contribution in [0.1, 0.15) is 18.4 Å². The molecule has 1 heterocycles. The second-order valence-electron chi connectivity index (χ2n) is 6.14. The smallest absolute Gasteiger partial charge is 0.237 e. The minimum atomic E-state index is -0.592. The highest BCUT2D eigenvalue weighted by atomic mass is 32.2. The van der Waals surface area contributed by atoms with Crippen LogP contribution in [-0.4, -0.2) is 61.5 Å². The van der Waals surface area contributed by atoms with E-state index < -0.39 is 6.04 Å².